The first-order valence-corrected chi connectivity index (χ1v) is 7.61. The molecule has 0 bridgehead atoms. The molecule has 0 amide bonds. The predicted molar refractivity (Wildman–Crippen MR) is 81.9 cm³/mol. The molecule has 2 rings (SSSR count). The average molecular weight is 332 g/mol. The summed E-state index contributed by atoms with van der Waals surface area (Å²) in [6.45, 7) is 1.53. The second-order valence-corrected chi connectivity index (χ2v) is 5.86. The molecule has 1 unspecified atom stereocenters. The standard InChI is InChI=1S/C16H23F3N2O2/c1-22-14-5-13(6-15(7-14)23-2)9-20-8-12-3-4-21(10-12)11-16(17,18)19/h5-7,12,20H,3-4,8-11H2,1-2H3. The van der Waals surface area contributed by atoms with Crippen molar-refractivity contribution in [3.8, 4) is 11.5 Å². The fraction of sp³-hybridized carbons (Fsp3) is 0.625. The summed E-state index contributed by atoms with van der Waals surface area (Å²) in [7, 11) is 3.19. The van der Waals surface area contributed by atoms with Crippen molar-refractivity contribution in [2.24, 2.45) is 5.92 Å². The maximum atomic E-state index is 12.4. The molecular formula is C16H23F3N2O2. The maximum absolute atomic E-state index is 12.4. The van der Waals surface area contributed by atoms with Gasteiger partial charge in [0.2, 0.25) is 0 Å². The molecule has 23 heavy (non-hydrogen) atoms. The lowest BCUT2D eigenvalue weighted by Crippen LogP contribution is -2.33. The molecular weight excluding hydrogens is 309 g/mol. The highest BCUT2D eigenvalue weighted by molar-refractivity contribution is 5.38. The molecule has 1 aromatic carbocycles. The summed E-state index contributed by atoms with van der Waals surface area (Å²) in [6.07, 6.45) is -3.32. The molecule has 7 heteroatoms. The van der Waals surface area contributed by atoms with E-state index in [1.54, 1.807) is 20.3 Å². The van der Waals surface area contributed by atoms with Crippen molar-refractivity contribution < 1.29 is 22.6 Å². The highest BCUT2D eigenvalue weighted by Gasteiger charge is 2.34. The molecule has 0 spiro atoms. The smallest absolute Gasteiger partial charge is 0.401 e. The van der Waals surface area contributed by atoms with Gasteiger partial charge in [-0.25, -0.2) is 0 Å². The van der Waals surface area contributed by atoms with Crippen LogP contribution in [-0.2, 0) is 6.54 Å². The van der Waals surface area contributed by atoms with Crippen molar-refractivity contribution in [3.63, 3.8) is 0 Å². The van der Waals surface area contributed by atoms with E-state index in [1.807, 2.05) is 12.1 Å². The van der Waals surface area contributed by atoms with Crippen LogP contribution in [0.1, 0.15) is 12.0 Å². The minimum absolute atomic E-state index is 0.254. The molecule has 1 aliphatic heterocycles. The molecule has 1 fully saturated rings. The molecule has 0 aliphatic carbocycles. The third-order valence-corrected chi connectivity index (χ3v) is 3.95. The van der Waals surface area contributed by atoms with Crippen LogP contribution in [0.3, 0.4) is 0 Å². The third-order valence-electron chi connectivity index (χ3n) is 3.95. The number of hydrogen-bond donors (Lipinski definition) is 1. The fourth-order valence-corrected chi connectivity index (χ4v) is 2.87. The number of methoxy groups -OCH3 is 2. The predicted octanol–water partition coefficient (Wildman–Crippen LogP) is 2.68. The van der Waals surface area contributed by atoms with Crippen LogP contribution in [0.5, 0.6) is 11.5 Å². The summed E-state index contributed by atoms with van der Waals surface area (Å²) in [4.78, 5) is 1.47. The zero-order chi connectivity index (χ0) is 16.9. The zero-order valence-corrected chi connectivity index (χ0v) is 13.4. The summed E-state index contributed by atoms with van der Waals surface area (Å²) in [5, 5.41) is 3.31. The zero-order valence-electron chi connectivity index (χ0n) is 13.4. The first-order chi connectivity index (χ1) is 10.9. The van der Waals surface area contributed by atoms with Crippen LogP contribution in [-0.4, -0.2) is 51.5 Å². The van der Waals surface area contributed by atoms with Gasteiger partial charge in [-0.05, 0) is 43.1 Å². The van der Waals surface area contributed by atoms with E-state index in [9.17, 15) is 13.2 Å². The van der Waals surface area contributed by atoms with Gasteiger partial charge in [-0.15, -0.1) is 0 Å². The van der Waals surface area contributed by atoms with Gasteiger partial charge in [0.1, 0.15) is 11.5 Å². The molecule has 1 aliphatic rings. The summed E-state index contributed by atoms with van der Waals surface area (Å²) >= 11 is 0. The third kappa shape index (κ3) is 5.91. The van der Waals surface area contributed by atoms with Gasteiger partial charge in [0, 0.05) is 19.2 Å². The largest absolute Gasteiger partial charge is 0.497 e. The van der Waals surface area contributed by atoms with Gasteiger partial charge < -0.3 is 14.8 Å². The Balaban J connectivity index is 1.77. The van der Waals surface area contributed by atoms with Crippen molar-refractivity contribution >= 4 is 0 Å². The first kappa shape index (κ1) is 17.9. The quantitative estimate of drug-likeness (QED) is 0.832. The topological polar surface area (TPSA) is 33.7 Å². The van der Waals surface area contributed by atoms with E-state index >= 15 is 0 Å². The van der Waals surface area contributed by atoms with Gasteiger partial charge >= 0.3 is 6.18 Å². The monoisotopic (exact) mass is 332 g/mol. The van der Waals surface area contributed by atoms with Gasteiger partial charge in [0.15, 0.2) is 0 Å². The lowest BCUT2D eigenvalue weighted by Gasteiger charge is -2.18. The molecule has 0 radical (unpaired) electrons. The summed E-state index contributed by atoms with van der Waals surface area (Å²) in [6, 6.07) is 5.63. The highest BCUT2D eigenvalue weighted by Crippen LogP contribution is 2.24. The highest BCUT2D eigenvalue weighted by atomic mass is 19.4. The Morgan fingerprint density at radius 2 is 1.83 bits per heavy atom. The molecule has 1 aromatic rings. The Morgan fingerprint density at radius 3 is 2.39 bits per heavy atom. The van der Waals surface area contributed by atoms with Gasteiger partial charge in [0.25, 0.3) is 0 Å². The Kier molecular flexibility index (Phi) is 6.12. The van der Waals surface area contributed by atoms with Crippen LogP contribution >= 0.6 is 0 Å². The average Bonchev–Trinajstić information content (AvgIpc) is 2.92. The second kappa shape index (κ2) is 7.88. The summed E-state index contributed by atoms with van der Waals surface area (Å²) < 4.78 is 47.5. The summed E-state index contributed by atoms with van der Waals surface area (Å²) in [5.41, 5.74) is 1.02. The van der Waals surface area contributed by atoms with Gasteiger partial charge in [-0.3, -0.25) is 4.90 Å². The molecule has 1 heterocycles. The van der Waals surface area contributed by atoms with Crippen molar-refractivity contribution in [2.45, 2.75) is 19.1 Å². The number of rotatable bonds is 7. The van der Waals surface area contributed by atoms with E-state index in [1.165, 1.54) is 4.90 Å². The number of hydrogen-bond acceptors (Lipinski definition) is 4. The molecule has 1 atom stereocenters. The Hall–Kier alpha value is -1.47. The van der Waals surface area contributed by atoms with Crippen LogP contribution in [0.15, 0.2) is 18.2 Å². The van der Waals surface area contributed by atoms with Gasteiger partial charge in [-0.1, -0.05) is 0 Å². The van der Waals surface area contributed by atoms with Crippen molar-refractivity contribution in [2.75, 3.05) is 40.4 Å². The molecule has 1 saturated heterocycles. The number of halogens is 3. The van der Waals surface area contributed by atoms with Crippen molar-refractivity contribution in [1.29, 1.82) is 0 Å². The SMILES string of the molecule is COc1cc(CNCC2CCN(CC(F)(F)F)C2)cc(OC)c1. The van der Waals surface area contributed by atoms with Crippen molar-refractivity contribution in [3.05, 3.63) is 23.8 Å². The van der Waals surface area contributed by atoms with Crippen LogP contribution in [0.2, 0.25) is 0 Å². The Bertz CT molecular complexity index is 486. The summed E-state index contributed by atoms with van der Waals surface area (Å²) in [5.74, 6) is 1.70. The number of ether oxygens (including phenoxy) is 2. The number of likely N-dealkylation sites (tertiary alicyclic amines) is 1. The number of nitrogens with zero attached hydrogens (tertiary/aromatic N) is 1. The molecule has 4 nitrogen and oxygen atoms in total. The lowest BCUT2D eigenvalue weighted by molar-refractivity contribution is -0.143. The number of alkyl halides is 3. The first-order valence-electron chi connectivity index (χ1n) is 7.61. The molecule has 1 N–H and O–H groups in total. The van der Waals surface area contributed by atoms with E-state index in [4.69, 9.17) is 9.47 Å². The fourth-order valence-electron chi connectivity index (χ4n) is 2.87. The lowest BCUT2D eigenvalue weighted by atomic mass is 10.1. The minimum atomic E-state index is -4.11. The van der Waals surface area contributed by atoms with Crippen LogP contribution in [0.4, 0.5) is 13.2 Å². The van der Waals surface area contributed by atoms with Crippen LogP contribution in [0, 0.1) is 5.92 Å². The van der Waals surface area contributed by atoms with E-state index in [0.717, 1.165) is 23.5 Å². The van der Waals surface area contributed by atoms with E-state index in [2.05, 4.69) is 5.32 Å². The second-order valence-electron chi connectivity index (χ2n) is 5.86. The minimum Gasteiger partial charge on any atom is -0.497 e. The van der Waals surface area contributed by atoms with E-state index < -0.39 is 12.7 Å². The van der Waals surface area contributed by atoms with Gasteiger partial charge in [-0.2, -0.15) is 13.2 Å². The van der Waals surface area contributed by atoms with Gasteiger partial charge in [0.05, 0.1) is 20.8 Å². The van der Waals surface area contributed by atoms with Crippen LogP contribution in [0.25, 0.3) is 0 Å². The number of nitrogens with one attached hydrogen (secondary N) is 1. The molecule has 130 valence electrons. The molecule has 0 saturated carbocycles. The Morgan fingerprint density at radius 1 is 1.17 bits per heavy atom. The number of benzene rings is 1. The van der Waals surface area contributed by atoms with E-state index in [-0.39, 0.29) is 5.92 Å². The maximum Gasteiger partial charge on any atom is 0.401 e. The van der Waals surface area contributed by atoms with E-state index in [0.29, 0.717) is 26.2 Å². The normalized spacial score (nSPS) is 19.1. The van der Waals surface area contributed by atoms with Crippen molar-refractivity contribution in [1.82, 2.24) is 10.2 Å². The molecule has 0 aromatic heterocycles. The van der Waals surface area contributed by atoms with Crippen LogP contribution < -0.4 is 14.8 Å². The Labute approximate surface area is 134 Å².